The van der Waals surface area contributed by atoms with Crippen molar-refractivity contribution in [3.63, 3.8) is 0 Å². The molecule has 0 atom stereocenters. The van der Waals surface area contributed by atoms with Crippen molar-refractivity contribution in [2.24, 2.45) is 5.41 Å². The molecule has 0 aromatic heterocycles. The topological polar surface area (TPSA) is 24.5 Å². The Morgan fingerprint density at radius 1 is 1.20 bits per heavy atom. The van der Waals surface area contributed by atoms with Gasteiger partial charge in [-0.1, -0.05) is 0 Å². The van der Waals surface area contributed by atoms with E-state index in [0.29, 0.717) is 11.5 Å². The molecule has 1 spiro atoms. The SMILES string of the molecule is C1CCN(CCOC2CC3(CNC3)C2)C1. The number of nitrogens with one attached hydrogen (secondary N) is 1. The average molecular weight is 210 g/mol. The van der Waals surface area contributed by atoms with Gasteiger partial charge >= 0.3 is 0 Å². The van der Waals surface area contributed by atoms with Gasteiger partial charge in [-0.05, 0) is 38.8 Å². The van der Waals surface area contributed by atoms with Gasteiger partial charge in [-0.15, -0.1) is 0 Å². The van der Waals surface area contributed by atoms with Gasteiger partial charge < -0.3 is 15.0 Å². The second-order valence-corrected chi connectivity index (χ2v) is 5.55. The molecule has 15 heavy (non-hydrogen) atoms. The molecule has 0 bridgehead atoms. The Balaban J connectivity index is 1.28. The van der Waals surface area contributed by atoms with Crippen LogP contribution in [-0.4, -0.2) is 50.3 Å². The van der Waals surface area contributed by atoms with E-state index in [4.69, 9.17) is 4.74 Å². The molecule has 1 N–H and O–H groups in total. The van der Waals surface area contributed by atoms with E-state index in [1.165, 1.54) is 51.9 Å². The molecule has 0 radical (unpaired) electrons. The van der Waals surface area contributed by atoms with Crippen LogP contribution in [0.1, 0.15) is 25.7 Å². The highest BCUT2D eigenvalue weighted by Crippen LogP contribution is 2.45. The molecule has 2 heterocycles. The number of likely N-dealkylation sites (tertiary alicyclic amines) is 1. The lowest BCUT2D eigenvalue weighted by Crippen LogP contribution is -2.62. The predicted molar refractivity (Wildman–Crippen MR) is 60.0 cm³/mol. The van der Waals surface area contributed by atoms with Gasteiger partial charge in [-0.2, -0.15) is 0 Å². The first-order chi connectivity index (χ1) is 7.36. The Morgan fingerprint density at radius 2 is 1.93 bits per heavy atom. The van der Waals surface area contributed by atoms with E-state index in [-0.39, 0.29) is 0 Å². The number of ether oxygens (including phenoxy) is 1. The van der Waals surface area contributed by atoms with Gasteiger partial charge in [0.15, 0.2) is 0 Å². The highest BCUT2D eigenvalue weighted by Gasteiger charge is 2.48. The smallest absolute Gasteiger partial charge is 0.0597 e. The molecular formula is C12H22N2O. The van der Waals surface area contributed by atoms with Crippen LogP contribution in [0.3, 0.4) is 0 Å². The first kappa shape index (κ1) is 10.1. The summed E-state index contributed by atoms with van der Waals surface area (Å²) in [6.45, 7) is 7.16. The molecule has 3 heteroatoms. The zero-order valence-corrected chi connectivity index (χ0v) is 9.50. The van der Waals surface area contributed by atoms with E-state index in [1.807, 2.05) is 0 Å². The molecule has 3 aliphatic rings. The van der Waals surface area contributed by atoms with Crippen LogP contribution in [0.5, 0.6) is 0 Å². The third-order valence-corrected chi connectivity index (χ3v) is 4.28. The monoisotopic (exact) mass is 210 g/mol. The first-order valence-electron chi connectivity index (χ1n) is 6.41. The standard InChI is InChI=1S/C12H22N2O/c1-2-4-14(3-1)5-6-15-11-7-12(8-11)9-13-10-12/h11,13H,1-10H2. The summed E-state index contributed by atoms with van der Waals surface area (Å²) in [5, 5.41) is 3.36. The van der Waals surface area contributed by atoms with E-state index < -0.39 is 0 Å². The molecule has 86 valence electrons. The van der Waals surface area contributed by atoms with Crippen molar-refractivity contribution in [3.8, 4) is 0 Å². The third kappa shape index (κ3) is 2.05. The van der Waals surface area contributed by atoms with E-state index in [2.05, 4.69) is 10.2 Å². The minimum Gasteiger partial charge on any atom is -0.377 e. The zero-order chi connectivity index (χ0) is 10.1. The molecule has 2 aliphatic heterocycles. The molecular weight excluding hydrogens is 188 g/mol. The minimum absolute atomic E-state index is 0.578. The maximum absolute atomic E-state index is 5.90. The van der Waals surface area contributed by atoms with Gasteiger partial charge in [0, 0.05) is 25.0 Å². The lowest BCUT2D eigenvalue weighted by molar-refractivity contribution is -0.105. The molecule has 0 amide bonds. The fraction of sp³-hybridized carbons (Fsp3) is 1.00. The van der Waals surface area contributed by atoms with Crippen LogP contribution in [-0.2, 0) is 4.74 Å². The van der Waals surface area contributed by atoms with Crippen LogP contribution in [0.15, 0.2) is 0 Å². The number of rotatable bonds is 4. The number of nitrogens with zero attached hydrogens (tertiary/aromatic N) is 1. The lowest BCUT2D eigenvalue weighted by Gasteiger charge is -2.54. The third-order valence-electron chi connectivity index (χ3n) is 4.28. The quantitative estimate of drug-likeness (QED) is 0.744. The van der Waals surface area contributed by atoms with E-state index in [1.54, 1.807) is 0 Å². The zero-order valence-electron chi connectivity index (χ0n) is 9.50. The van der Waals surface area contributed by atoms with Crippen LogP contribution in [0.4, 0.5) is 0 Å². The van der Waals surface area contributed by atoms with Crippen molar-refractivity contribution in [2.75, 3.05) is 39.3 Å². The van der Waals surface area contributed by atoms with Crippen LogP contribution in [0.2, 0.25) is 0 Å². The van der Waals surface area contributed by atoms with Crippen molar-refractivity contribution in [3.05, 3.63) is 0 Å². The maximum Gasteiger partial charge on any atom is 0.0597 e. The Hall–Kier alpha value is -0.120. The largest absolute Gasteiger partial charge is 0.377 e. The van der Waals surface area contributed by atoms with Crippen molar-refractivity contribution >= 4 is 0 Å². The fourth-order valence-corrected chi connectivity index (χ4v) is 3.15. The molecule has 1 saturated carbocycles. The maximum atomic E-state index is 5.90. The fourth-order valence-electron chi connectivity index (χ4n) is 3.15. The van der Waals surface area contributed by atoms with Crippen molar-refractivity contribution < 1.29 is 4.74 Å². The molecule has 3 rings (SSSR count). The van der Waals surface area contributed by atoms with Crippen LogP contribution >= 0.6 is 0 Å². The molecule has 3 fully saturated rings. The average Bonchev–Trinajstić information content (AvgIpc) is 2.58. The molecule has 0 aromatic rings. The Labute approximate surface area is 92.2 Å². The van der Waals surface area contributed by atoms with Gasteiger partial charge in [0.25, 0.3) is 0 Å². The Bertz CT molecular complexity index is 214. The summed E-state index contributed by atoms with van der Waals surface area (Å²) < 4.78 is 5.90. The highest BCUT2D eigenvalue weighted by atomic mass is 16.5. The summed E-state index contributed by atoms with van der Waals surface area (Å²) in [5.74, 6) is 0. The van der Waals surface area contributed by atoms with Gasteiger partial charge in [0.05, 0.1) is 12.7 Å². The number of hydrogen-bond acceptors (Lipinski definition) is 3. The first-order valence-corrected chi connectivity index (χ1v) is 6.41. The molecule has 1 aliphatic carbocycles. The summed E-state index contributed by atoms with van der Waals surface area (Å²) in [6.07, 6.45) is 5.96. The molecule has 2 saturated heterocycles. The summed E-state index contributed by atoms with van der Waals surface area (Å²) in [7, 11) is 0. The van der Waals surface area contributed by atoms with Gasteiger partial charge in [0.1, 0.15) is 0 Å². The summed E-state index contributed by atoms with van der Waals surface area (Å²) >= 11 is 0. The highest BCUT2D eigenvalue weighted by molar-refractivity contribution is 5.03. The molecule has 0 aromatic carbocycles. The van der Waals surface area contributed by atoms with Gasteiger partial charge in [0.2, 0.25) is 0 Å². The summed E-state index contributed by atoms with van der Waals surface area (Å²) in [5.41, 5.74) is 0.665. The molecule has 0 unspecified atom stereocenters. The number of hydrogen-bond donors (Lipinski definition) is 1. The van der Waals surface area contributed by atoms with Crippen LogP contribution < -0.4 is 5.32 Å². The minimum atomic E-state index is 0.578. The van der Waals surface area contributed by atoms with Crippen LogP contribution in [0, 0.1) is 5.41 Å². The predicted octanol–water partition coefficient (Wildman–Crippen LogP) is 0.851. The summed E-state index contributed by atoms with van der Waals surface area (Å²) in [6, 6.07) is 0. The molecule has 3 nitrogen and oxygen atoms in total. The Kier molecular flexibility index (Phi) is 2.71. The van der Waals surface area contributed by atoms with Crippen LogP contribution in [0.25, 0.3) is 0 Å². The second-order valence-electron chi connectivity index (χ2n) is 5.55. The summed E-state index contributed by atoms with van der Waals surface area (Å²) in [4.78, 5) is 2.53. The lowest BCUT2D eigenvalue weighted by atomic mass is 9.63. The van der Waals surface area contributed by atoms with Gasteiger partial charge in [-0.3, -0.25) is 0 Å². The van der Waals surface area contributed by atoms with E-state index in [0.717, 1.165) is 13.2 Å². The van der Waals surface area contributed by atoms with Crippen molar-refractivity contribution in [1.82, 2.24) is 10.2 Å². The van der Waals surface area contributed by atoms with E-state index >= 15 is 0 Å². The van der Waals surface area contributed by atoms with Gasteiger partial charge in [-0.25, -0.2) is 0 Å². The van der Waals surface area contributed by atoms with E-state index in [9.17, 15) is 0 Å². The van der Waals surface area contributed by atoms with Crippen molar-refractivity contribution in [2.45, 2.75) is 31.8 Å². The normalized spacial score (nSPS) is 30.4. The Morgan fingerprint density at radius 3 is 2.53 bits per heavy atom. The second kappa shape index (κ2) is 4.04. The van der Waals surface area contributed by atoms with Crippen molar-refractivity contribution in [1.29, 1.82) is 0 Å².